The third-order valence-corrected chi connectivity index (χ3v) is 4.51. The van der Waals surface area contributed by atoms with Crippen LogP contribution in [0.3, 0.4) is 0 Å². The molecule has 0 bridgehead atoms. The number of sulfonamides is 1. The molecule has 8 heteroatoms. The normalized spacial score (nSPS) is 12.7. The number of hydrogen-bond donors (Lipinski definition) is 1. The predicted octanol–water partition coefficient (Wildman–Crippen LogP) is 2.95. The van der Waals surface area contributed by atoms with Gasteiger partial charge in [-0.3, -0.25) is 9.52 Å². The summed E-state index contributed by atoms with van der Waals surface area (Å²) in [6.07, 6.45) is 2.98. The lowest BCUT2D eigenvalue weighted by Crippen LogP contribution is -2.23. The maximum atomic E-state index is 12.3. The van der Waals surface area contributed by atoms with Crippen molar-refractivity contribution in [1.29, 1.82) is 0 Å². The molecule has 1 atom stereocenters. The number of hydrogen-bond acceptors (Lipinski definition) is 6. The highest BCUT2D eigenvalue weighted by Crippen LogP contribution is 2.14. The Kier molecular flexibility index (Phi) is 6.11. The number of ether oxygens (including phenoxy) is 1. The molecule has 1 aromatic carbocycles. The van der Waals surface area contributed by atoms with E-state index in [-0.39, 0.29) is 5.78 Å². The number of ketones is 1. The molecule has 6 nitrogen and oxygen atoms in total. The second-order valence-electron chi connectivity index (χ2n) is 5.24. The van der Waals surface area contributed by atoms with Crippen LogP contribution in [0.2, 0.25) is 0 Å². The van der Waals surface area contributed by atoms with Crippen LogP contribution in [0.1, 0.15) is 22.2 Å². The van der Waals surface area contributed by atoms with Gasteiger partial charge in [-0.2, -0.15) is 0 Å². The van der Waals surface area contributed by atoms with Crippen LogP contribution in [-0.2, 0) is 19.6 Å². The van der Waals surface area contributed by atoms with Gasteiger partial charge in [0.25, 0.3) is 0 Å². The number of Topliss-reactive ketones (excluding diaryl/α,β-unsaturated/α-hetero) is 1. The van der Waals surface area contributed by atoms with Crippen LogP contribution in [0.25, 0.3) is 6.08 Å². The standard InChI is InChI=1S/C17H17NO5S2/c1-12(23-16(19)10-9-15-4-3-11-24-15)17(20)13-5-7-14(8-6-13)18-25(2,21)22/h3-12,18H,1-2H3/b10-9+/t12-/m1/s1. The van der Waals surface area contributed by atoms with Crippen molar-refractivity contribution in [2.24, 2.45) is 0 Å². The van der Waals surface area contributed by atoms with E-state index in [2.05, 4.69) is 4.72 Å². The van der Waals surface area contributed by atoms with Gasteiger partial charge in [-0.25, -0.2) is 13.2 Å². The van der Waals surface area contributed by atoms with Gasteiger partial charge in [-0.05, 0) is 48.7 Å². The van der Waals surface area contributed by atoms with Crippen LogP contribution in [0, 0.1) is 0 Å². The fraction of sp³-hybridized carbons (Fsp3) is 0.176. The van der Waals surface area contributed by atoms with Crippen LogP contribution < -0.4 is 4.72 Å². The van der Waals surface area contributed by atoms with E-state index in [1.165, 1.54) is 48.6 Å². The minimum absolute atomic E-state index is 0.321. The summed E-state index contributed by atoms with van der Waals surface area (Å²) < 4.78 is 29.7. The van der Waals surface area contributed by atoms with E-state index in [9.17, 15) is 18.0 Å². The molecule has 0 saturated heterocycles. The van der Waals surface area contributed by atoms with E-state index >= 15 is 0 Å². The molecule has 0 aliphatic heterocycles. The topological polar surface area (TPSA) is 89.5 Å². The van der Waals surface area contributed by atoms with Gasteiger partial charge in [0.2, 0.25) is 15.8 Å². The molecule has 1 heterocycles. The van der Waals surface area contributed by atoms with Crippen LogP contribution in [0.15, 0.2) is 47.9 Å². The van der Waals surface area contributed by atoms with Crippen molar-refractivity contribution in [2.45, 2.75) is 13.0 Å². The molecule has 1 N–H and O–H groups in total. The second kappa shape index (κ2) is 8.09. The molecule has 2 rings (SSSR count). The molecule has 0 aliphatic carbocycles. The summed E-state index contributed by atoms with van der Waals surface area (Å²) in [5.74, 6) is -0.978. The minimum atomic E-state index is -3.38. The van der Waals surface area contributed by atoms with E-state index in [0.717, 1.165) is 11.1 Å². The van der Waals surface area contributed by atoms with Crippen molar-refractivity contribution in [3.63, 3.8) is 0 Å². The molecule has 0 radical (unpaired) electrons. The average Bonchev–Trinajstić information content (AvgIpc) is 3.05. The number of carbonyl (C=O) groups excluding carboxylic acids is 2. The molecule has 132 valence electrons. The lowest BCUT2D eigenvalue weighted by atomic mass is 10.1. The first-order chi connectivity index (χ1) is 11.7. The largest absolute Gasteiger partial charge is 0.451 e. The van der Waals surface area contributed by atoms with E-state index in [0.29, 0.717) is 11.3 Å². The molecular weight excluding hydrogens is 362 g/mol. The highest BCUT2D eigenvalue weighted by molar-refractivity contribution is 7.92. The molecule has 0 amide bonds. The van der Waals surface area contributed by atoms with Gasteiger partial charge in [0, 0.05) is 22.2 Å². The van der Waals surface area contributed by atoms with Gasteiger partial charge in [0.15, 0.2) is 6.10 Å². The van der Waals surface area contributed by atoms with Crippen molar-refractivity contribution < 1.29 is 22.7 Å². The number of esters is 1. The quantitative estimate of drug-likeness (QED) is 0.454. The highest BCUT2D eigenvalue weighted by atomic mass is 32.2. The summed E-state index contributed by atoms with van der Waals surface area (Å²) in [6, 6.07) is 9.61. The Morgan fingerprint density at radius 2 is 1.88 bits per heavy atom. The first-order valence-electron chi connectivity index (χ1n) is 7.29. The number of anilines is 1. The predicted molar refractivity (Wildman–Crippen MR) is 98.1 cm³/mol. The summed E-state index contributed by atoms with van der Waals surface area (Å²) in [6.45, 7) is 1.49. The highest BCUT2D eigenvalue weighted by Gasteiger charge is 2.18. The van der Waals surface area contributed by atoms with Gasteiger partial charge in [0.1, 0.15) is 0 Å². The van der Waals surface area contributed by atoms with Gasteiger partial charge in [-0.15, -0.1) is 11.3 Å². The van der Waals surface area contributed by atoms with Crippen LogP contribution >= 0.6 is 11.3 Å². The SMILES string of the molecule is C[C@@H](OC(=O)/C=C/c1cccs1)C(=O)c1ccc(NS(C)(=O)=O)cc1. The molecular formula is C17H17NO5S2. The van der Waals surface area contributed by atoms with Crippen molar-refractivity contribution in [1.82, 2.24) is 0 Å². The summed E-state index contributed by atoms with van der Waals surface area (Å²) in [5, 5.41) is 1.89. The third-order valence-electron chi connectivity index (χ3n) is 3.06. The average molecular weight is 379 g/mol. The van der Waals surface area contributed by atoms with E-state index in [1.54, 1.807) is 6.08 Å². The fourth-order valence-electron chi connectivity index (χ4n) is 1.95. The zero-order valence-electron chi connectivity index (χ0n) is 13.6. The maximum absolute atomic E-state index is 12.3. The van der Waals surface area contributed by atoms with Crippen molar-refractivity contribution >= 4 is 44.9 Å². The molecule has 0 aliphatic rings. The first-order valence-corrected chi connectivity index (χ1v) is 10.1. The van der Waals surface area contributed by atoms with Crippen molar-refractivity contribution in [2.75, 3.05) is 11.0 Å². The molecule has 2 aromatic rings. The van der Waals surface area contributed by atoms with Crippen LogP contribution in [-0.4, -0.2) is 32.5 Å². The Bertz CT molecular complexity index is 868. The van der Waals surface area contributed by atoms with Crippen LogP contribution in [0.4, 0.5) is 5.69 Å². The van der Waals surface area contributed by atoms with Gasteiger partial charge >= 0.3 is 5.97 Å². The number of benzene rings is 1. The van der Waals surface area contributed by atoms with E-state index in [4.69, 9.17) is 4.74 Å². The Morgan fingerprint density at radius 1 is 1.20 bits per heavy atom. The monoisotopic (exact) mass is 379 g/mol. The molecule has 0 saturated carbocycles. The number of rotatable bonds is 7. The van der Waals surface area contributed by atoms with Crippen molar-refractivity contribution in [3.05, 3.63) is 58.3 Å². The molecule has 0 spiro atoms. The molecule has 0 unspecified atom stereocenters. The summed E-state index contributed by atoms with van der Waals surface area (Å²) in [4.78, 5) is 24.9. The number of nitrogens with one attached hydrogen (secondary N) is 1. The minimum Gasteiger partial charge on any atom is -0.451 e. The zero-order valence-corrected chi connectivity index (χ0v) is 15.3. The Morgan fingerprint density at radius 3 is 2.44 bits per heavy atom. The Balaban J connectivity index is 1.96. The smallest absolute Gasteiger partial charge is 0.331 e. The summed E-state index contributed by atoms with van der Waals surface area (Å²) >= 11 is 1.48. The Hall–Kier alpha value is -2.45. The van der Waals surface area contributed by atoms with E-state index < -0.39 is 22.1 Å². The Labute approximate surface area is 150 Å². The zero-order chi connectivity index (χ0) is 18.4. The first kappa shape index (κ1) is 18.9. The summed E-state index contributed by atoms with van der Waals surface area (Å²) in [7, 11) is -3.38. The van der Waals surface area contributed by atoms with Gasteiger partial charge in [0.05, 0.1) is 6.26 Å². The lowest BCUT2D eigenvalue weighted by Gasteiger charge is -2.11. The number of carbonyl (C=O) groups is 2. The van der Waals surface area contributed by atoms with Crippen molar-refractivity contribution in [3.8, 4) is 0 Å². The molecule has 25 heavy (non-hydrogen) atoms. The van der Waals surface area contributed by atoms with Crippen LogP contribution in [0.5, 0.6) is 0 Å². The third kappa shape index (κ3) is 6.17. The molecule has 1 aromatic heterocycles. The fourth-order valence-corrected chi connectivity index (χ4v) is 3.14. The maximum Gasteiger partial charge on any atom is 0.331 e. The molecule has 0 fully saturated rings. The van der Waals surface area contributed by atoms with Gasteiger partial charge < -0.3 is 4.74 Å². The number of thiophene rings is 1. The van der Waals surface area contributed by atoms with E-state index in [1.807, 2.05) is 17.5 Å². The summed E-state index contributed by atoms with van der Waals surface area (Å²) in [5.41, 5.74) is 0.671. The lowest BCUT2D eigenvalue weighted by molar-refractivity contribution is -0.140. The second-order valence-corrected chi connectivity index (χ2v) is 7.97. The van der Waals surface area contributed by atoms with Gasteiger partial charge in [-0.1, -0.05) is 6.07 Å².